The molecule has 0 radical (unpaired) electrons. The molecule has 74 valence electrons. The summed E-state index contributed by atoms with van der Waals surface area (Å²) in [6.45, 7) is 2.56. The summed E-state index contributed by atoms with van der Waals surface area (Å²) in [7, 11) is 1.71. The quantitative estimate of drug-likeness (QED) is 0.792. The minimum atomic E-state index is -2.96. The number of alkyl halides is 2. The van der Waals surface area contributed by atoms with E-state index in [0.717, 1.165) is 13.1 Å². The summed E-state index contributed by atoms with van der Waals surface area (Å²) in [5, 5.41) is 2.84. The van der Waals surface area contributed by atoms with E-state index in [9.17, 15) is 8.78 Å². The van der Waals surface area contributed by atoms with Gasteiger partial charge in [0.1, 0.15) is 0 Å². The lowest BCUT2D eigenvalue weighted by molar-refractivity contribution is -0.00663. The van der Waals surface area contributed by atoms with Crippen molar-refractivity contribution in [3.8, 4) is 0 Å². The van der Waals surface area contributed by atoms with Crippen molar-refractivity contribution in [1.82, 2.24) is 10.3 Å². The second-order valence-electron chi connectivity index (χ2n) is 2.96. The minimum Gasteiger partial charge on any atom is -0.438 e. The molecular formula is C8H12F2N2O. The van der Waals surface area contributed by atoms with Gasteiger partial charge >= 0.3 is 5.92 Å². The number of nitrogens with one attached hydrogen (secondary N) is 1. The standard InChI is InChI=1S/C8H12F2N2O/c1-5(11-3)7-12-4-6(13-7)8(2,9)10/h4-5,11H,1-3H3. The molecule has 0 bridgehead atoms. The maximum atomic E-state index is 12.7. The van der Waals surface area contributed by atoms with Gasteiger partial charge in [-0.3, -0.25) is 0 Å². The number of rotatable bonds is 3. The lowest BCUT2D eigenvalue weighted by atomic mass is 10.3. The zero-order valence-electron chi connectivity index (χ0n) is 7.77. The van der Waals surface area contributed by atoms with Crippen LogP contribution >= 0.6 is 0 Å². The van der Waals surface area contributed by atoms with Crippen LogP contribution in [0.3, 0.4) is 0 Å². The molecule has 1 atom stereocenters. The van der Waals surface area contributed by atoms with Gasteiger partial charge in [-0.15, -0.1) is 0 Å². The van der Waals surface area contributed by atoms with Crippen LogP contribution in [0.5, 0.6) is 0 Å². The van der Waals surface area contributed by atoms with E-state index in [1.54, 1.807) is 14.0 Å². The van der Waals surface area contributed by atoms with E-state index in [-0.39, 0.29) is 11.9 Å². The Labute approximate surface area is 75.2 Å². The van der Waals surface area contributed by atoms with Crippen LogP contribution in [0.1, 0.15) is 31.5 Å². The van der Waals surface area contributed by atoms with E-state index in [4.69, 9.17) is 4.42 Å². The molecule has 0 saturated heterocycles. The molecule has 1 aromatic rings. The Kier molecular flexibility index (Phi) is 2.66. The molecule has 1 rings (SSSR count). The molecular weight excluding hydrogens is 178 g/mol. The summed E-state index contributed by atoms with van der Waals surface area (Å²) in [5.41, 5.74) is 0. The second-order valence-corrected chi connectivity index (χ2v) is 2.96. The normalized spacial score (nSPS) is 14.5. The van der Waals surface area contributed by atoms with Crippen LogP contribution in [0.2, 0.25) is 0 Å². The molecule has 1 heterocycles. The summed E-state index contributed by atoms with van der Waals surface area (Å²) in [6.07, 6.45) is 1.06. The monoisotopic (exact) mass is 190 g/mol. The molecule has 0 fully saturated rings. The number of nitrogens with zero attached hydrogens (tertiary/aromatic N) is 1. The predicted molar refractivity (Wildman–Crippen MR) is 43.5 cm³/mol. The Morgan fingerprint density at radius 3 is 2.62 bits per heavy atom. The Morgan fingerprint density at radius 2 is 2.23 bits per heavy atom. The van der Waals surface area contributed by atoms with Gasteiger partial charge in [-0.1, -0.05) is 0 Å². The second kappa shape index (κ2) is 3.41. The van der Waals surface area contributed by atoms with Crippen LogP contribution in [-0.2, 0) is 5.92 Å². The van der Waals surface area contributed by atoms with E-state index < -0.39 is 11.7 Å². The highest BCUT2D eigenvalue weighted by Crippen LogP contribution is 2.28. The molecule has 0 aliphatic rings. The average Bonchev–Trinajstić information content (AvgIpc) is 2.50. The first-order valence-corrected chi connectivity index (χ1v) is 3.96. The molecule has 13 heavy (non-hydrogen) atoms. The van der Waals surface area contributed by atoms with Gasteiger partial charge in [-0.2, -0.15) is 8.78 Å². The fourth-order valence-corrected chi connectivity index (χ4v) is 0.814. The molecule has 3 nitrogen and oxygen atoms in total. The highest BCUT2D eigenvalue weighted by atomic mass is 19.3. The Bertz CT molecular complexity index is 280. The zero-order valence-corrected chi connectivity index (χ0v) is 7.77. The van der Waals surface area contributed by atoms with Gasteiger partial charge in [-0.05, 0) is 14.0 Å². The third-order valence-corrected chi connectivity index (χ3v) is 1.76. The number of hydrogen-bond acceptors (Lipinski definition) is 3. The van der Waals surface area contributed by atoms with Crippen molar-refractivity contribution in [2.24, 2.45) is 0 Å². The highest BCUT2D eigenvalue weighted by molar-refractivity contribution is 5.02. The van der Waals surface area contributed by atoms with Crippen molar-refractivity contribution >= 4 is 0 Å². The molecule has 1 N–H and O–H groups in total. The van der Waals surface area contributed by atoms with Gasteiger partial charge < -0.3 is 9.73 Å². The van der Waals surface area contributed by atoms with Crippen molar-refractivity contribution in [2.75, 3.05) is 7.05 Å². The number of halogens is 2. The van der Waals surface area contributed by atoms with Crippen molar-refractivity contribution in [1.29, 1.82) is 0 Å². The molecule has 0 amide bonds. The first kappa shape index (κ1) is 10.1. The zero-order chi connectivity index (χ0) is 10.1. The van der Waals surface area contributed by atoms with Crippen molar-refractivity contribution in [3.63, 3.8) is 0 Å². The Balaban J connectivity index is 2.87. The van der Waals surface area contributed by atoms with Crippen molar-refractivity contribution < 1.29 is 13.2 Å². The van der Waals surface area contributed by atoms with Crippen LogP contribution in [0.15, 0.2) is 10.6 Å². The summed E-state index contributed by atoms with van der Waals surface area (Å²) in [5.74, 6) is -3.08. The van der Waals surface area contributed by atoms with E-state index in [0.29, 0.717) is 0 Å². The molecule has 5 heteroatoms. The SMILES string of the molecule is CNC(C)c1ncc(C(C)(F)F)o1. The summed E-state index contributed by atoms with van der Waals surface area (Å²) < 4.78 is 30.2. The topological polar surface area (TPSA) is 38.1 Å². The first-order chi connectivity index (χ1) is 5.95. The molecule has 1 unspecified atom stereocenters. The van der Waals surface area contributed by atoms with Gasteiger partial charge in [-0.25, -0.2) is 4.98 Å². The van der Waals surface area contributed by atoms with Crippen LogP contribution in [0.25, 0.3) is 0 Å². The molecule has 0 spiro atoms. The van der Waals surface area contributed by atoms with Gasteiger partial charge in [0.25, 0.3) is 0 Å². The highest BCUT2D eigenvalue weighted by Gasteiger charge is 2.29. The van der Waals surface area contributed by atoms with Crippen LogP contribution in [-0.4, -0.2) is 12.0 Å². The average molecular weight is 190 g/mol. The summed E-state index contributed by atoms with van der Waals surface area (Å²) in [4.78, 5) is 3.74. The fraction of sp³-hybridized carbons (Fsp3) is 0.625. The van der Waals surface area contributed by atoms with Gasteiger partial charge in [0.15, 0.2) is 5.76 Å². The van der Waals surface area contributed by atoms with Gasteiger partial charge in [0, 0.05) is 6.92 Å². The smallest absolute Gasteiger partial charge is 0.303 e. The summed E-state index contributed by atoms with van der Waals surface area (Å²) in [6, 6.07) is -0.156. The summed E-state index contributed by atoms with van der Waals surface area (Å²) >= 11 is 0. The van der Waals surface area contributed by atoms with Crippen molar-refractivity contribution in [3.05, 3.63) is 17.8 Å². The number of oxazole rings is 1. The van der Waals surface area contributed by atoms with E-state index in [1.165, 1.54) is 0 Å². The van der Waals surface area contributed by atoms with Crippen LogP contribution < -0.4 is 5.32 Å². The molecule has 0 aliphatic carbocycles. The van der Waals surface area contributed by atoms with E-state index >= 15 is 0 Å². The maximum absolute atomic E-state index is 12.7. The van der Waals surface area contributed by atoms with Crippen molar-refractivity contribution in [2.45, 2.75) is 25.8 Å². The van der Waals surface area contributed by atoms with Crippen LogP contribution in [0.4, 0.5) is 8.78 Å². The van der Waals surface area contributed by atoms with E-state index in [2.05, 4.69) is 10.3 Å². The number of aromatic nitrogens is 1. The number of hydrogen-bond donors (Lipinski definition) is 1. The Hall–Kier alpha value is -0.970. The molecule has 0 aliphatic heterocycles. The minimum absolute atomic E-state index is 0.156. The van der Waals surface area contributed by atoms with Gasteiger partial charge in [0.05, 0.1) is 12.2 Å². The molecule has 1 aromatic heterocycles. The molecule has 0 aromatic carbocycles. The van der Waals surface area contributed by atoms with Gasteiger partial charge in [0.2, 0.25) is 5.89 Å². The first-order valence-electron chi connectivity index (χ1n) is 3.96. The lowest BCUT2D eigenvalue weighted by Gasteiger charge is -2.06. The maximum Gasteiger partial charge on any atom is 0.303 e. The third-order valence-electron chi connectivity index (χ3n) is 1.76. The fourth-order valence-electron chi connectivity index (χ4n) is 0.814. The Morgan fingerprint density at radius 1 is 1.62 bits per heavy atom. The largest absolute Gasteiger partial charge is 0.438 e. The van der Waals surface area contributed by atoms with Crippen LogP contribution in [0, 0.1) is 0 Å². The lowest BCUT2D eigenvalue weighted by Crippen LogP contribution is -2.12. The molecule has 0 saturated carbocycles. The predicted octanol–water partition coefficient (Wildman–Crippen LogP) is 2.07. The third kappa shape index (κ3) is 2.24. The van der Waals surface area contributed by atoms with E-state index in [1.807, 2.05) is 0 Å².